The number of nitrogens with one attached hydrogen (secondary N) is 1. The molecule has 120 valence electrons. The molecule has 1 aromatic heterocycles. The molecule has 1 N–H and O–H groups in total. The van der Waals surface area contributed by atoms with E-state index in [-0.39, 0.29) is 22.9 Å². The molecule has 0 saturated carbocycles. The van der Waals surface area contributed by atoms with Crippen molar-refractivity contribution in [2.45, 2.75) is 32.1 Å². The Balaban J connectivity index is 2.05. The van der Waals surface area contributed by atoms with Gasteiger partial charge in [0.25, 0.3) is 0 Å². The summed E-state index contributed by atoms with van der Waals surface area (Å²) in [6, 6.07) is 1.86. The normalized spacial score (nSPS) is 20.1. The van der Waals surface area contributed by atoms with Gasteiger partial charge in [-0.3, -0.25) is 14.3 Å². The van der Waals surface area contributed by atoms with E-state index in [9.17, 15) is 9.59 Å². The summed E-state index contributed by atoms with van der Waals surface area (Å²) in [6.07, 6.45) is 4.68. The average Bonchev–Trinajstić information content (AvgIpc) is 2.88. The second-order valence-corrected chi connectivity index (χ2v) is 6.41. The summed E-state index contributed by atoms with van der Waals surface area (Å²) in [5.74, 6) is -0.297. The number of ether oxygens (including phenoxy) is 1. The standard InChI is InChI=1S/C15H21N3O3S/c1-3-21-15(20)10-18-7-5-13(17-18)8-12-9-16-6-4-14(12)22-11(2)19/h5,7-8,14,16H,3-4,6,9-10H2,1-2H3. The number of hydrogen-bond acceptors (Lipinski definition) is 6. The maximum absolute atomic E-state index is 11.4. The molecule has 1 unspecified atom stereocenters. The topological polar surface area (TPSA) is 73.2 Å². The van der Waals surface area contributed by atoms with Crippen molar-refractivity contribution in [1.82, 2.24) is 15.1 Å². The highest BCUT2D eigenvalue weighted by Gasteiger charge is 2.21. The largest absolute Gasteiger partial charge is 0.465 e. The molecular formula is C15H21N3O3S. The van der Waals surface area contributed by atoms with Gasteiger partial charge in [0.15, 0.2) is 5.12 Å². The first kappa shape index (κ1) is 16.8. The predicted octanol–water partition coefficient (Wildman–Crippen LogP) is 1.47. The molecule has 22 heavy (non-hydrogen) atoms. The van der Waals surface area contributed by atoms with Gasteiger partial charge in [0.2, 0.25) is 0 Å². The first-order chi connectivity index (χ1) is 10.6. The first-order valence-electron chi connectivity index (χ1n) is 7.36. The lowest BCUT2D eigenvalue weighted by Gasteiger charge is -2.24. The second-order valence-electron chi connectivity index (χ2n) is 5.03. The van der Waals surface area contributed by atoms with Crippen molar-refractivity contribution in [2.75, 3.05) is 19.7 Å². The highest BCUT2D eigenvalue weighted by Crippen LogP contribution is 2.26. The Labute approximate surface area is 134 Å². The van der Waals surface area contributed by atoms with Gasteiger partial charge in [-0.1, -0.05) is 11.8 Å². The zero-order valence-corrected chi connectivity index (χ0v) is 13.7. The van der Waals surface area contributed by atoms with Gasteiger partial charge in [0.1, 0.15) is 6.54 Å². The quantitative estimate of drug-likeness (QED) is 0.827. The maximum Gasteiger partial charge on any atom is 0.327 e. The lowest BCUT2D eigenvalue weighted by atomic mass is 10.0. The monoisotopic (exact) mass is 323 g/mol. The molecule has 1 atom stereocenters. The Hall–Kier alpha value is -1.60. The van der Waals surface area contributed by atoms with Crippen molar-refractivity contribution in [2.24, 2.45) is 0 Å². The molecule has 2 heterocycles. The number of rotatable bonds is 5. The molecule has 0 bridgehead atoms. The molecule has 1 aliphatic rings. The molecule has 0 spiro atoms. The van der Waals surface area contributed by atoms with Crippen LogP contribution in [0.2, 0.25) is 0 Å². The zero-order valence-electron chi connectivity index (χ0n) is 12.9. The Bertz CT molecular complexity index is 568. The predicted molar refractivity (Wildman–Crippen MR) is 86.4 cm³/mol. The summed E-state index contributed by atoms with van der Waals surface area (Å²) in [5, 5.41) is 8.00. The van der Waals surface area contributed by atoms with Crippen LogP contribution in [-0.4, -0.2) is 45.8 Å². The van der Waals surface area contributed by atoms with Crippen LogP contribution in [0, 0.1) is 0 Å². The molecule has 1 saturated heterocycles. The summed E-state index contributed by atoms with van der Waals surface area (Å²) in [4.78, 5) is 22.8. The summed E-state index contributed by atoms with van der Waals surface area (Å²) in [7, 11) is 0. The van der Waals surface area contributed by atoms with Crippen LogP contribution in [0.3, 0.4) is 0 Å². The summed E-state index contributed by atoms with van der Waals surface area (Å²) < 4.78 is 6.46. The fourth-order valence-corrected chi connectivity index (χ4v) is 3.25. The van der Waals surface area contributed by atoms with Gasteiger partial charge in [0, 0.05) is 24.9 Å². The fourth-order valence-electron chi connectivity index (χ4n) is 2.32. The molecule has 1 aliphatic heterocycles. The minimum atomic E-state index is -0.297. The third kappa shape index (κ3) is 4.99. The number of hydrogen-bond donors (Lipinski definition) is 1. The lowest BCUT2D eigenvalue weighted by Crippen LogP contribution is -2.32. The first-order valence-corrected chi connectivity index (χ1v) is 8.24. The van der Waals surface area contributed by atoms with Crippen molar-refractivity contribution in [3.05, 3.63) is 23.5 Å². The average molecular weight is 323 g/mol. The van der Waals surface area contributed by atoms with E-state index in [0.717, 1.165) is 30.8 Å². The molecule has 2 rings (SSSR count). The van der Waals surface area contributed by atoms with E-state index in [4.69, 9.17) is 4.74 Å². The highest BCUT2D eigenvalue weighted by molar-refractivity contribution is 8.14. The van der Waals surface area contributed by atoms with Crippen LogP contribution in [0.4, 0.5) is 0 Å². The number of esters is 1. The lowest BCUT2D eigenvalue weighted by molar-refractivity contribution is -0.144. The van der Waals surface area contributed by atoms with E-state index in [2.05, 4.69) is 10.4 Å². The van der Waals surface area contributed by atoms with E-state index in [1.807, 2.05) is 12.1 Å². The van der Waals surface area contributed by atoms with E-state index in [0.29, 0.717) is 6.61 Å². The highest BCUT2D eigenvalue weighted by atomic mass is 32.2. The van der Waals surface area contributed by atoms with Crippen LogP contribution in [0.5, 0.6) is 0 Å². The number of nitrogens with zero attached hydrogens (tertiary/aromatic N) is 2. The number of aromatic nitrogens is 2. The number of thioether (sulfide) groups is 1. The Kier molecular flexibility index (Phi) is 6.21. The van der Waals surface area contributed by atoms with Gasteiger partial charge in [-0.05, 0) is 37.6 Å². The van der Waals surface area contributed by atoms with Crippen LogP contribution >= 0.6 is 11.8 Å². The van der Waals surface area contributed by atoms with Crippen LogP contribution in [0.25, 0.3) is 6.08 Å². The molecule has 1 aromatic rings. The molecule has 1 fully saturated rings. The fraction of sp³-hybridized carbons (Fsp3) is 0.533. The van der Waals surface area contributed by atoms with Gasteiger partial charge in [-0.25, -0.2) is 0 Å². The summed E-state index contributed by atoms with van der Waals surface area (Å²) in [6.45, 7) is 5.53. The van der Waals surface area contributed by atoms with Crippen LogP contribution in [0.1, 0.15) is 26.0 Å². The van der Waals surface area contributed by atoms with E-state index < -0.39 is 0 Å². The Morgan fingerprint density at radius 2 is 2.41 bits per heavy atom. The van der Waals surface area contributed by atoms with E-state index >= 15 is 0 Å². The van der Waals surface area contributed by atoms with Crippen molar-refractivity contribution in [3.63, 3.8) is 0 Å². The molecule has 0 aromatic carbocycles. The van der Waals surface area contributed by atoms with E-state index in [1.165, 1.54) is 11.8 Å². The molecule has 0 aliphatic carbocycles. The van der Waals surface area contributed by atoms with Crippen molar-refractivity contribution >= 4 is 28.9 Å². The van der Waals surface area contributed by atoms with Gasteiger partial charge >= 0.3 is 5.97 Å². The van der Waals surface area contributed by atoms with Crippen LogP contribution < -0.4 is 5.32 Å². The second kappa shape index (κ2) is 8.14. The van der Waals surface area contributed by atoms with Gasteiger partial charge < -0.3 is 10.1 Å². The van der Waals surface area contributed by atoms with Gasteiger partial charge in [-0.15, -0.1) is 0 Å². The third-order valence-electron chi connectivity index (χ3n) is 3.23. The number of piperidine rings is 1. The maximum atomic E-state index is 11.4. The third-order valence-corrected chi connectivity index (χ3v) is 4.38. The zero-order chi connectivity index (χ0) is 15.9. The van der Waals surface area contributed by atoms with Crippen molar-refractivity contribution < 1.29 is 14.3 Å². The minimum Gasteiger partial charge on any atom is -0.465 e. The Morgan fingerprint density at radius 3 is 3.14 bits per heavy atom. The van der Waals surface area contributed by atoms with Gasteiger partial charge in [-0.2, -0.15) is 5.10 Å². The smallest absolute Gasteiger partial charge is 0.327 e. The summed E-state index contributed by atoms with van der Waals surface area (Å²) >= 11 is 1.37. The molecule has 6 nitrogen and oxygen atoms in total. The molecule has 0 amide bonds. The number of carbonyl (C=O) groups is 2. The SMILES string of the molecule is CCOC(=O)Cn1ccc(C=C2CNCCC2SC(C)=O)n1. The molecule has 7 heteroatoms. The van der Waals surface area contributed by atoms with Crippen molar-refractivity contribution in [3.8, 4) is 0 Å². The van der Waals surface area contributed by atoms with Gasteiger partial charge in [0.05, 0.1) is 12.3 Å². The minimum absolute atomic E-state index is 0.112. The molecular weight excluding hydrogens is 302 g/mol. The number of carbonyl (C=O) groups excluding carboxylic acids is 2. The Morgan fingerprint density at radius 1 is 1.59 bits per heavy atom. The molecule has 0 radical (unpaired) electrons. The van der Waals surface area contributed by atoms with Crippen molar-refractivity contribution in [1.29, 1.82) is 0 Å². The van der Waals surface area contributed by atoms with E-state index in [1.54, 1.807) is 24.7 Å². The summed E-state index contributed by atoms with van der Waals surface area (Å²) in [5.41, 5.74) is 1.95. The van der Waals surface area contributed by atoms with Crippen LogP contribution in [-0.2, 0) is 20.9 Å². The van der Waals surface area contributed by atoms with Crippen LogP contribution in [0.15, 0.2) is 17.8 Å².